The number of primary amides is 1. The zero-order valence-electron chi connectivity index (χ0n) is 14.3. The lowest BCUT2D eigenvalue weighted by molar-refractivity contribution is -0.118. The minimum Gasteiger partial charge on any atom is -0.370 e. The van der Waals surface area contributed by atoms with Crippen LogP contribution in [0.5, 0.6) is 0 Å². The fourth-order valence-electron chi connectivity index (χ4n) is 3.48. The van der Waals surface area contributed by atoms with Gasteiger partial charge in [0.15, 0.2) is 0 Å². The van der Waals surface area contributed by atoms with Crippen LogP contribution in [0.1, 0.15) is 36.9 Å². The number of benzene rings is 1. The molecule has 0 spiro atoms. The molecular formula is C19H26N4O. The number of amides is 1. The molecule has 2 aromatic rings. The number of piperidine rings is 1. The summed E-state index contributed by atoms with van der Waals surface area (Å²) in [6, 6.07) is 10.2. The van der Waals surface area contributed by atoms with Gasteiger partial charge in [-0.3, -0.25) is 9.69 Å². The maximum absolute atomic E-state index is 11.0. The molecule has 5 heteroatoms. The first-order valence-electron chi connectivity index (χ1n) is 8.73. The van der Waals surface area contributed by atoms with Crippen molar-refractivity contribution >= 4 is 5.91 Å². The van der Waals surface area contributed by atoms with Gasteiger partial charge in [0.05, 0.1) is 11.4 Å². The quantitative estimate of drug-likeness (QED) is 0.887. The highest BCUT2D eigenvalue weighted by Crippen LogP contribution is 2.23. The van der Waals surface area contributed by atoms with Gasteiger partial charge in [-0.05, 0) is 50.8 Å². The van der Waals surface area contributed by atoms with E-state index in [4.69, 9.17) is 5.73 Å². The van der Waals surface area contributed by atoms with Crippen molar-refractivity contribution in [2.24, 2.45) is 11.7 Å². The van der Waals surface area contributed by atoms with E-state index in [9.17, 15) is 4.79 Å². The van der Waals surface area contributed by atoms with E-state index in [0.717, 1.165) is 37.4 Å². The molecule has 1 aliphatic heterocycles. The van der Waals surface area contributed by atoms with Gasteiger partial charge in [-0.2, -0.15) is 5.10 Å². The van der Waals surface area contributed by atoms with Crippen molar-refractivity contribution in [3.63, 3.8) is 0 Å². The molecule has 2 heterocycles. The largest absolute Gasteiger partial charge is 0.370 e. The minimum atomic E-state index is -0.188. The number of hydrogen-bond acceptors (Lipinski definition) is 3. The fraction of sp³-hybridized carbons (Fsp3) is 0.474. The van der Waals surface area contributed by atoms with Gasteiger partial charge in [0.25, 0.3) is 0 Å². The molecule has 0 saturated carbocycles. The summed E-state index contributed by atoms with van der Waals surface area (Å²) >= 11 is 0. The highest BCUT2D eigenvalue weighted by molar-refractivity contribution is 5.73. The first kappa shape index (κ1) is 16.7. The summed E-state index contributed by atoms with van der Waals surface area (Å²) in [6.07, 6.45) is 5.94. The van der Waals surface area contributed by atoms with Crippen molar-refractivity contribution in [2.45, 2.75) is 39.2 Å². The molecule has 1 aliphatic rings. The molecule has 1 unspecified atom stereocenters. The number of aromatic nitrogens is 2. The van der Waals surface area contributed by atoms with Gasteiger partial charge in [0, 0.05) is 31.3 Å². The second-order valence-corrected chi connectivity index (χ2v) is 6.77. The van der Waals surface area contributed by atoms with Gasteiger partial charge in [-0.1, -0.05) is 18.2 Å². The predicted octanol–water partition coefficient (Wildman–Crippen LogP) is 2.66. The Hall–Kier alpha value is -2.14. The summed E-state index contributed by atoms with van der Waals surface area (Å²) in [5.74, 6) is 0.392. The summed E-state index contributed by atoms with van der Waals surface area (Å²) < 4.78 is 1.96. The molecule has 0 bridgehead atoms. The zero-order valence-corrected chi connectivity index (χ0v) is 14.3. The molecule has 1 aromatic carbocycles. The van der Waals surface area contributed by atoms with Crippen LogP contribution in [0.2, 0.25) is 0 Å². The number of carbonyl (C=O) groups excluding carboxylic acids is 1. The first-order valence-corrected chi connectivity index (χ1v) is 8.73. The number of nitrogens with two attached hydrogens (primary N) is 1. The van der Waals surface area contributed by atoms with E-state index in [1.54, 1.807) is 0 Å². The third-order valence-corrected chi connectivity index (χ3v) is 4.82. The number of carbonyl (C=O) groups is 1. The molecule has 5 nitrogen and oxygen atoms in total. The Morgan fingerprint density at radius 3 is 2.88 bits per heavy atom. The average molecular weight is 326 g/mol. The van der Waals surface area contributed by atoms with Crippen molar-refractivity contribution in [1.82, 2.24) is 14.7 Å². The van der Waals surface area contributed by atoms with Crippen LogP contribution < -0.4 is 5.73 Å². The Labute approximate surface area is 143 Å². The van der Waals surface area contributed by atoms with Crippen molar-refractivity contribution in [2.75, 3.05) is 13.1 Å². The van der Waals surface area contributed by atoms with E-state index >= 15 is 0 Å². The van der Waals surface area contributed by atoms with Gasteiger partial charge >= 0.3 is 0 Å². The van der Waals surface area contributed by atoms with Gasteiger partial charge in [-0.25, -0.2) is 4.68 Å². The van der Waals surface area contributed by atoms with Crippen LogP contribution >= 0.6 is 0 Å². The lowest BCUT2D eigenvalue weighted by Gasteiger charge is -2.32. The molecule has 2 N–H and O–H groups in total. The van der Waals surface area contributed by atoms with E-state index in [2.05, 4.69) is 35.3 Å². The van der Waals surface area contributed by atoms with Crippen molar-refractivity contribution in [1.29, 1.82) is 0 Å². The summed E-state index contributed by atoms with van der Waals surface area (Å²) in [5.41, 5.74) is 8.72. The lowest BCUT2D eigenvalue weighted by atomic mass is 9.93. The standard InChI is InChI=1S/C19H26N4O/c1-15-17(14-23(21-15)18-7-3-2-4-8-18)13-22-11-5-6-16(12-22)9-10-19(20)24/h2-4,7-8,14,16H,5-6,9-13H2,1H3,(H2,20,24). The Morgan fingerprint density at radius 2 is 2.12 bits per heavy atom. The molecule has 1 atom stereocenters. The van der Waals surface area contributed by atoms with Gasteiger partial charge < -0.3 is 5.73 Å². The molecule has 1 amide bonds. The van der Waals surface area contributed by atoms with Crippen molar-refractivity contribution in [3.8, 4) is 5.69 Å². The summed E-state index contributed by atoms with van der Waals surface area (Å²) in [5, 5.41) is 4.65. The number of aryl methyl sites for hydroxylation is 1. The zero-order chi connectivity index (χ0) is 16.9. The number of rotatable bonds is 6. The van der Waals surface area contributed by atoms with E-state index in [1.165, 1.54) is 18.4 Å². The second kappa shape index (κ2) is 7.62. The average Bonchev–Trinajstić information content (AvgIpc) is 2.95. The molecule has 1 fully saturated rings. The van der Waals surface area contributed by atoms with Crippen molar-refractivity contribution in [3.05, 3.63) is 47.8 Å². The number of likely N-dealkylation sites (tertiary alicyclic amines) is 1. The lowest BCUT2D eigenvalue weighted by Crippen LogP contribution is -2.35. The van der Waals surface area contributed by atoms with E-state index in [0.29, 0.717) is 12.3 Å². The maximum Gasteiger partial charge on any atom is 0.217 e. The number of hydrogen-bond donors (Lipinski definition) is 1. The van der Waals surface area contributed by atoms with Crippen LogP contribution in [0.3, 0.4) is 0 Å². The van der Waals surface area contributed by atoms with Crippen LogP contribution in [0.4, 0.5) is 0 Å². The van der Waals surface area contributed by atoms with E-state index in [-0.39, 0.29) is 5.91 Å². The first-order chi connectivity index (χ1) is 11.6. The molecule has 1 aromatic heterocycles. The van der Waals surface area contributed by atoms with Crippen LogP contribution in [-0.2, 0) is 11.3 Å². The SMILES string of the molecule is Cc1nn(-c2ccccc2)cc1CN1CCCC(CCC(N)=O)C1. The maximum atomic E-state index is 11.0. The summed E-state index contributed by atoms with van der Waals surface area (Å²) in [7, 11) is 0. The smallest absolute Gasteiger partial charge is 0.217 e. The molecule has 3 rings (SSSR count). The highest BCUT2D eigenvalue weighted by atomic mass is 16.1. The van der Waals surface area contributed by atoms with Gasteiger partial charge in [-0.15, -0.1) is 0 Å². The van der Waals surface area contributed by atoms with Crippen LogP contribution in [0, 0.1) is 12.8 Å². The Kier molecular flexibility index (Phi) is 5.30. The minimum absolute atomic E-state index is 0.188. The molecule has 24 heavy (non-hydrogen) atoms. The normalized spacial score (nSPS) is 18.6. The monoisotopic (exact) mass is 326 g/mol. The van der Waals surface area contributed by atoms with Crippen LogP contribution in [0.25, 0.3) is 5.69 Å². The van der Waals surface area contributed by atoms with Gasteiger partial charge in [0.1, 0.15) is 0 Å². The third-order valence-electron chi connectivity index (χ3n) is 4.82. The Balaban J connectivity index is 1.63. The van der Waals surface area contributed by atoms with E-state index in [1.807, 2.05) is 22.9 Å². The topological polar surface area (TPSA) is 64.2 Å². The van der Waals surface area contributed by atoms with Gasteiger partial charge in [0.2, 0.25) is 5.91 Å². The summed E-state index contributed by atoms with van der Waals surface area (Å²) in [4.78, 5) is 13.5. The number of para-hydroxylation sites is 1. The van der Waals surface area contributed by atoms with Crippen molar-refractivity contribution < 1.29 is 4.79 Å². The Bertz CT molecular complexity index is 680. The molecule has 0 aliphatic carbocycles. The predicted molar refractivity (Wildman–Crippen MR) is 94.7 cm³/mol. The summed E-state index contributed by atoms with van der Waals surface area (Å²) in [6.45, 7) is 5.15. The van der Waals surface area contributed by atoms with Crippen LogP contribution in [0.15, 0.2) is 36.5 Å². The fourth-order valence-corrected chi connectivity index (χ4v) is 3.48. The second-order valence-electron chi connectivity index (χ2n) is 6.77. The molecule has 128 valence electrons. The highest BCUT2D eigenvalue weighted by Gasteiger charge is 2.21. The van der Waals surface area contributed by atoms with Crippen LogP contribution in [-0.4, -0.2) is 33.7 Å². The third kappa shape index (κ3) is 4.23. The molecule has 1 saturated heterocycles. The molecular weight excluding hydrogens is 300 g/mol. The van der Waals surface area contributed by atoms with E-state index < -0.39 is 0 Å². The Morgan fingerprint density at radius 1 is 1.33 bits per heavy atom. The molecule has 0 radical (unpaired) electrons. The number of nitrogens with zero attached hydrogens (tertiary/aromatic N) is 3.